The average Bonchev–Trinajstić information content (AvgIpc) is 1.82. The number of halogens is 2. The second kappa shape index (κ2) is 5.22. The summed E-state index contributed by atoms with van der Waals surface area (Å²) in [6.07, 6.45) is 0.909. The number of hydrogen-bond acceptors (Lipinski definition) is 0. The molecule has 0 N–H and O–H groups in total. The Bertz CT molecular complexity index is 66.1. The average molecular weight is 198 g/mol. The van der Waals surface area contributed by atoms with E-state index in [1.165, 1.54) is 0 Å². The fourth-order valence-electron chi connectivity index (χ4n) is 0.558. The third-order valence-corrected chi connectivity index (χ3v) is 2.06. The molecule has 0 spiro atoms. The number of rotatable bonds is 4. The van der Waals surface area contributed by atoms with Crippen LogP contribution in [0.5, 0.6) is 0 Å². The molecular weight excluding hydrogens is 185 g/mol. The molecule has 0 aliphatic heterocycles. The van der Waals surface area contributed by atoms with Crippen LogP contribution in [0.15, 0.2) is 0 Å². The summed E-state index contributed by atoms with van der Waals surface area (Å²) >= 11 is 0.843. The molecule has 9 heavy (non-hydrogen) atoms. The molecule has 0 aliphatic rings. The van der Waals surface area contributed by atoms with E-state index in [1.807, 2.05) is 6.92 Å². The molecule has 0 aromatic heterocycles. The first-order valence-corrected chi connectivity index (χ1v) is 4.62. The Morgan fingerprint density at radius 2 is 2.00 bits per heavy atom. The molecule has 0 fully saturated rings. The molecule has 3 unspecified atom stereocenters. The Balaban J connectivity index is 3.16. The van der Waals surface area contributed by atoms with Crippen molar-refractivity contribution in [1.29, 1.82) is 0 Å². The molecule has 0 amide bonds. The van der Waals surface area contributed by atoms with Crippen LogP contribution in [0.25, 0.3) is 0 Å². The minimum atomic E-state index is -1.23. The van der Waals surface area contributed by atoms with Crippen LogP contribution in [0.1, 0.15) is 26.2 Å². The third-order valence-electron chi connectivity index (χ3n) is 1.18. The topological polar surface area (TPSA) is 0 Å². The molecule has 0 radical (unpaired) electrons. The van der Waals surface area contributed by atoms with Crippen molar-refractivity contribution in [2.45, 2.75) is 37.3 Å². The van der Waals surface area contributed by atoms with Gasteiger partial charge in [-0.2, -0.15) is 0 Å². The van der Waals surface area contributed by atoms with E-state index in [0.29, 0.717) is 6.42 Å². The standard InChI is InChI=1S/C6H13AsF2/c1-2-3-4-5(8)6(7)9/h5-6H,2-4,7H2,1H3. The van der Waals surface area contributed by atoms with Crippen molar-refractivity contribution >= 4 is 16.9 Å². The van der Waals surface area contributed by atoms with E-state index in [2.05, 4.69) is 0 Å². The van der Waals surface area contributed by atoms with Crippen LogP contribution < -0.4 is 0 Å². The zero-order valence-electron chi connectivity index (χ0n) is 5.61. The first-order chi connectivity index (χ1) is 4.18. The van der Waals surface area contributed by atoms with Gasteiger partial charge >= 0.3 is 63.0 Å². The van der Waals surface area contributed by atoms with Crippen LogP contribution in [-0.2, 0) is 0 Å². The summed E-state index contributed by atoms with van der Waals surface area (Å²) in [5.41, 5.74) is 0. The Kier molecular flexibility index (Phi) is 5.47. The van der Waals surface area contributed by atoms with Crippen LogP contribution in [0.4, 0.5) is 8.78 Å². The summed E-state index contributed by atoms with van der Waals surface area (Å²) in [7, 11) is 0. The monoisotopic (exact) mass is 198 g/mol. The summed E-state index contributed by atoms with van der Waals surface area (Å²) < 4.78 is 24.4. The van der Waals surface area contributed by atoms with Crippen LogP contribution in [0.3, 0.4) is 0 Å². The van der Waals surface area contributed by atoms with Gasteiger partial charge in [-0.15, -0.1) is 0 Å². The van der Waals surface area contributed by atoms with Gasteiger partial charge in [0.05, 0.1) is 0 Å². The van der Waals surface area contributed by atoms with Crippen LogP contribution in [0.2, 0.25) is 0 Å². The molecule has 0 nitrogen and oxygen atoms in total. The van der Waals surface area contributed by atoms with Gasteiger partial charge in [-0.05, 0) is 0 Å². The molecule has 0 heterocycles. The minimum absolute atomic E-state index is 0.385. The summed E-state index contributed by atoms with van der Waals surface area (Å²) in [5.74, 6) is 0. The molecule has 56 valence electrons. The second-order valence-electron chi connectivity index (χ2n) is 2.10. The Morgan fingerprint density at radius 3 is 2.33 bits per heavy atom. The maximum atomic E-state index is 12.4. The fraction of sp³-hybridized carbons (Fsp3) is 1.00. The fourth-order valence-corrected chi connectivity index (χ4v) is 0.962. The summed E-state index contributed by atoms with van der Waals surface area (Å²) in [5, 5.41) is 0. The van der Waals surface area contributed by atoms with Gasteiger partial charge in [-0.25, -0.2) is 0 Å². The van der Waals surface area contributed by atoms with E-state index in [9.17, 15) is 8.78 Å². The van der Waals surface area contributed by atoms with Gasteiger partial charge in [0.15, 0.2) is 0 Å². The normalized spacial score (nSPS) is 17.3. The van der Waals surface area contributed by atoms with E-state index in [1.54, 1.807) is 0 Å². The van der Waals surface area contributed by atoms with Gasteiger partial charge in [0.2, 0.25) is 0 Å². The number of hydrogen-bond donors (Lipinski definition) is 0. The molecule has 0 saturated heterocycles. The summed E-state index contributed by atoms with van der Waals surface area (Å²) in [6, 6.07) is 0. The van der Waals surface area contributed by atoms with Crippen molar-refractivity contribution in [2.75, 3.05) is 0 Å². The zero-order chi connectivity index (χ0) is 7.28. The van der Waals surface area contributed by atoms with Gasteiger partial charge < -0.3 is 0 Å². The molecule has 0 aromatic carbocycles. The zero-order valence-corrected chi connectivity index (χ0v) is 8.03. The quantitative estimate of drug-likeness (QED) is 0.599. The van der Waals surface area contributed by atoms with Crippen molar-refractivity contribution in [2.24, 2.45) is 0 Å². The van der Waals surface area contributed by atoms with Crippen molar-refractivity contribution in [3.8, 4) is 0 Å². The van der Waals surface area contributed by atoms with Gasteiger partial charge in [-0.1, -0.05) is 0 Å². The molecule has 0 bridgehead atoms. The van der Waals surface area contributed by atoms with Crippen LogP contribution in [-0.4, -0.2) is 28.0 Å². The first-order valence-electron chi connectivity index (χ1n) is 3.22. The molecular formula is C6H13AsF2. The molecule has 0 saturated carbocycles. The van der Waals surface area contributed by atoms with Crippen LogP contribution >= 0.6 is 0 Å². The second-order valence-corrected chi connectivity index (χ2v) is 3.44. The molecule has 0 aliphatic carbocycles. The van der Waals surface area contributed by atoms with Gasteiger partial charge in [-0.3, -0.25) is 0 Å². The number of alkyl halides is 2. The van der Waals surface area contributed by atoms with E-state index < -0.39 is 11.1 Å². The van der Waals surface area contributed by atoms with E-state index in [0.717, 1.165) is 29.7 Å². The van der Waals surface area contributed by atoms with Gasteiger partial charge in [0, 0.05) is 0 Å². The first kappa shape index (κ1) is 9.42. The predicted octanol–water partition coefficient (Wildman–Crippen LogP) is 1.44. The Labute approximate surface area is 63.5 Å². The molecule has 3 heteroatoms. The number of unbranched alkanes of at least 4 members (excludes halogenated alkanes) is 1. The van der Waals surface area contributed by atoms with Crippen molar-refractivity contribution in [3.63, 3.8) is 0 Å². The van der Waals surface area contributed by atoms with E-state index in [-0.39, 0.29) is 0 Å². The van der Waals surface area contributed by atoms with Crippen LogP contribution in [0, 0.1) is 0 Å². The maximum absolute atomic E-state index is 12.4. The molecule has 0 aromatic rings. The third kappa shape index (κ3) is 4.89. The Morgan fingerprint density at radius 1 is 1.44 bits per heavy atom. The van der Waals surface area contributed by atoms with Crippen molar-refractivity contribution in [3.05, 3.63) is 0 Å². The molecule has 0 rings (SSSR count). The summed E-state index contributed by atoms with van der Waals surface area (Å²) in [4.78, 5) is -1.23. The SMILES string of the molecule is CCCCC(F)C(F)[AsH2]. The van der Waals surface area contributed by atoms with E-state index in [4.69, 9.17) is 0 Å². The predicted molar refractivity (Wildman–Crippen MR) is 37.9 cm³/mol. The Hall–Kier alpha value is 0.418. The van der Waals surface area contributed by atoms with Gasteiger partial charge in [0.25, 0.3) is 0 Å². The van der Waals surface area contributed by atoms with Gasteiger partial charge in [0.1, 0.15) is 0 Å². The summed E-state index contributed by atoms with van der Waals surface area (Å²) in [6.45, 7) is 1.97. The molecule has 3 atom stereocenters. The van der Waals surface area contributed by atoms with E-state index >= 15 is 0 Å². The van der Waals surface area contributed by atoms with Crippen molar-refractivity contribution < 1.29 is 8.78 Å². The van der Waals surface area contributed by atoms with Crippen molar-refractivity contribution in [1.82, 2.24) is 0 Å².